The lowest BCUT2D eigenvalue weighted by Gasteiger charge is -2.04. The SMILES string of the molecule is COc1ccc(Cn2cc(CCl)nn2)cc1[N+](=O)[O-]. The molecule has 2 rings (SSSR count). The first-order chi connectivity index (χ1) is 9.13. The van der Waals surface area contributed by atoms with Gasteiger partial charge < -0.3 is 4.74 Å². The highest BCUT2D eigenvalue weighted by molar-refractivity contribution is 6.16. The van der Waals surface area contributed by atoms with Crippen LogP contribution in [0, 0.1) is 10.1 Å². The molecular formula is C11H11ClN4O3. The first-order valence-electron chi connectivity index (χ1n) is 5.40. The van der Waals surface area contributed by atoms with Crippen LogP contribution in [-0.2, 0) is 12.4 Å². The van der Waals surface area contributed by atoms with Crippen molar-refractivity contribution in [1.29, 1.82) is 0 Å². The van der Waals surface area contributed by atoms with Gasteiger partial charge in [0, 0.05) is 6.07 Å². The van der Waals surface area contributed by atoms with Crippen LogP contribution in [0.2, 0.25) is 0 Å². The second-order valence-corrected chi connectivity index (χ2v) is 4.07. The normalized spacial score (nSPS) is 10.4. The Balaban J connectivity index is 2.25. The molecule has 0 amide bonds. The standard InChI is InChI=1S/C11H11ClN4O3/c1-19-11-3-2-8(4-10(11)16(17)18)6-15-7-9(5-12)13-14-15/h2-4,7H,5-6H2,1H3. The zero-order valence-corrected chi connectivity index (χ0v) is 10.9. The molecule has 0 atom stereocenters. The van der Waals surface area contributed by atoms with Gasteiger partial charge in [0.05, 0.1) is 36.3 Å². The fourth-order valence-corrected chi connectivity index (χ4v) is 1.76. The minimum absolute atomic E-state index is 0.0716. The third-order valence-electron chi connectivity index (χ3n) is 2.51. The van der Waals surface area contributed by atoms with Crippen LogP contribution < -0.4 is 4.74 Å². The van der Waals surface area contributed by atoms with E-state index in [-0.39, 0.29) is 17.3 Å². The van der Waals surface area contributed by atoms with E-state index >= 15 is 0 Å². The Kier molecular flexibility index (Phi) is 3.96. The summed E-state index contributed by atoms with van der Waals surface area (Å²) < 4.78 is 6.51. The van der Waals surface area contributed by atoms with Crippen molar-refractivity contribution in [2.75, 3.05) is 7.11 Å². The first kappa shape index (κ1) is 13.3. The van der Waals surface area contributed by atoms with Gasteiger partial charge in [0.2, 0.25) is 0 Å². The summed E-state index contributed by atoms with van der Waals surface area (Å²) in [5.41, 5.74) is 1.32. The van der Waals surface area contributed by atoms with Crippen molar-refractivity contribution < 1.29 is 9.66 Å². The molecule has 0 aliphatic heterocycles. The van der Waals surface area contributed by atoms with Crippen LogP contribution in [0.4, 0.5) is 5.69 Å². The zero-order valence-electron chi connectivity index (χ0n) is 10.1. The maximum absolute atomic E-state index is 10.9. The number of methoxy groups -OCH3 is 1. The largest absolute Gasteiger partial charge is 0.490 e. The van der Waals surface area contributed by atoms with E-state index in [4.69, 9.17) is 16.3 Å². The first-order valence-corrected chi connectivity index (χ1v) is 5.93. The van der Waals surface area contributed by atoms with Crippen molar-refractivity contribution in [2.24, 2.45) is 0 Å². The molecule has 8 heteroatoms. The van der Waals surface area contributed by atoms with Crippen molar-refractivity contribution in [3.8, 4) is 5.75 Å². The lowest BCUT2D eigenvalue weighted by molar-refractivity contribution is -0.385. The minimum Gasteiger partial charge on any atom is -0.490 e. The van der Waals surface area contributed by atoms with Gasteiger partial charge in [0.1, 0.15) is 0 Å². The minimum atomic E-state index is -0.478. The third kappa shape index (κ3) is 3.00. The molecule has 0 saturated carbocycles. The summed E-state index contributed by atoms with van der Waals surface area (Å²) in [5, 5.41) is 18.6. The molecule has 0 N–H and O–H groups in total. The molecule has 19 heavy (non-hydrogen) atoms. The molecule has 7 nitrogen and oxygen atoms in total. The molecule has 0 unspecified atom stereocenters. The van der Waals surface area contributed by atoms with Gasteiger partial charge in [-0.15, -0.1) is 16.7 Å². The Hall–Kier alpha value is -2.15. The number of halogens is 1. The van der Waals surface area contributed by atoms with Crippen molar-refractivity contribution in [3.05, 3.63) is 45.8 Å². The quantitative estimate of drug-likeness (QED) is 0.476. The topological polar surface area (TPSA) is 83.1 Å². The predicted molar refractivity (Wildman–Crippen MR) is 68.3 cm³/mol. The molecule has 0 fully saturated rings. The number of aromatic nitrogens is 3. The summed E-state index contributed by atoms with van der Waals surface area (Å²) >= 11 is 5.63. The van der Waals surface area contributed by atoms with E-state index in [9.17, 15) is 10.1 Å². The summed E-state index contributed by atoms with van der Waals surface area (Å²) in [4.78, 5) is 10.4. The summed E-state index contributed by atoms with van der Waals surface area (Å²) in [7, 11) is 1.40. The molecule has 1 aromatic heterocycles. The van der Waals surface area contributed by atoms with Crippen LogP contribution in [0.25, 0.3) is 0 Å². The van der Waals surface area contributed by atoms with Gasteiger partial charge in [-0.1, -0.05) is 11.3 Å². The zero-order chi connectivity index (χ0) is 13.8. The molecule has 0 bridgehead atoms. The van der Waals surface area contributed by atoms with Crippen molar-refractivity contribution in [1.82, 2.24) is 15.0 Å². The van der Waals surface area contributed by atoms with E-state index < -0.39 is 4.92 Å². The van der Waals surface area contributed by atoms with Crippen LogP contribution in [0.5, 0.6) is 5.75 Å². The van der Waals surface area contributed by atoms with E-state index in [0.717, 1.165) is 5.56 Å². The number of hydrogen-bond donors (Lipinski definition) is 0. The maximum Gasteiger partial charge on any atom is 0.311 e. The number of benzene rings is 1. The van der Waals surface area contributed by atoms with Crippen LogP contribution in [0.3, 0.4) is 0 Å². The van der Waals surface area contributed by atoms with Crippen molar-refractivity contribution in [2.45, 2.75) is 12.4 Å². The lowest BCUT2D eigenvalue weighted by Crippen LogP contribution is -2.02. The highest BCUT2D eigenvalue weighted by atomic mass is 35.5. The molecule has 0 spiro atoms. The number of hydrogen-bond acceptors (Lipinski definition) is 5. The van der Waals surface area contributed by atoms with Crippen LogP contribution in [-0.4, -0.2) is 27.0 Å². The van der Waals surface area contributed by atoms with Crippen molar-refractivity contribution >= 4 is 17.3 Å². The summed E-state index contributed by atoms with van der Waals surface area (Å²) in [6.07, 6.45) is 1.70. The van der Waals surface area contributed by atoms with E-state index in [2.05, 4.69) is 10.3 Å². The molecule has 0 saturated heterocycles. The Bertz CT molecular complexity index is 599. The second kappa shape index (κ2) is 5.66. The molecule has 0 aliphatic carbocycles. The fourth-order valence-electron chi connectivity index (χ4n) is 1.64. The molecule has 2 aromatic rings. The van der Waals surface area contributed by atoms with Gasteiger partial charge >= 0.3 is 5.69 Å². The summed E-state index contributed by atoms with van der Waals surface area (Å²) in [5.74, 6) is 0.511. The molecule has 0 aliphatic rings. The average Bonchev–Trinajstić information content (AvgIpc) is 2.86. The Labute approximate surface area is 113 Å². The van der Waals surface area contributed by atoms with E-state index in [0.29, 0.717) is 12.2 Å². The maximum atomic E-state index is 10.9. The average molecular weight is 283 g/mol. The number of ether oxygens (including phenoxy) is 1. The lowest BCUT2D eigenvalue weighted by atomic mass is 10.2. The number of alkyl halides is 1. The van der Waals surface area contributed by atoms with Crippen molar-refractivity contribution in [3.63, 3.8) is 0 Å². The fraction of sp³-hybridized carbons (Fsp3) is 0.273. The van der Waals surface area contributed by atoms with E-state index in [1.807, 2.05) is 0 Å². The molecular weight excluding hydrogens is 272 g/mol. The van der Waals surface area contributed by atoms with E-state index in [1.165, 1.54) is 13.2 Å². The Morgan fingerprint density at radius 3 is 2.89 bits per heavy atom. The Morgan fingerprint density at radius 1 is 1.53 bits per heavy atom. The second-order valence-electron chi connectivity index (χ2n) is 3.80. The highest BCUT2D eigenvalue weighted by Gasteiger charge is 2.15. The van der Waals surface area contributed by atoms with Crippen LogP contribution in [0.15, 0.2) is 24.4 Å². The van der Waals surface area contributed by atoms with E-state index in [1.54, 1.807) is 23.0 Å². The third-order valence-corrected chi connectivity index (χ3v) is 2.78. The molecule has 1 heterocycles. The van der Waals surface area contributed by atoms with Crippen LogP contribution >= 0.6 is 11.6 Å². The number of nitrogens with zero attached hydrogens (tertiary/aromatic N) is 4. The van der Waals surface area contributed by atoms with Gasteiger partial charge in [-0.3, -0.25) is 10.1 Å². The predicted octanol–water partition coefficient (Wildman–Crippen LogP) is 1.98. The van der Waals surface area contributed by atoms with Gasteiger partial charge in [0.15, 0.2) is 5.75 Å². The monoisotopic (exact) mass is 282 g/mol. The number of rotatable bonds is 5. The summed E-state index contributed by atoms with van der Waals surface area (Å²) in [6.45, 7) is 0.384. The molecule has 100 valence electrons. The smallest absolute Gasteiger partial charge is 0.311 e. The van der Waals surface area contributed by atoms with Crippen LogP contribution in [0.1, 0.15) is 11.3 Å². The van der Waals surface area contributed by atoms with Gasteiger partial charge in [0.25, 0.3) is 0 Å². The number of nitro groups is 1. The number of nitro benzene ring substituents is 1. The molecule has 0 radical (unpaired) electrons. The molecule has 1 aromatic carbocycles. The highest BCUT2D eigenvalue weighted by Crippen LogP contribution is 2.27. The Morgan fingerprint density at radius 2 is 2.32 bits per heavy atom. The van der Waals surface area contributed by atoms with Gasteiger partial charge in [-0.2, -0.15) is 0 Å². The van der Waals surface area contributed by atoms with Gasteiger partial charge in [-0.25, -0.2) is 4.68 Å². The van der Waals surface area contributed by atoms with Gasteiger partial charge in [-0.05, 0) is 11.6 Å². The summed E-state index contributed by atoms with van der Waals surface area (Å²) in [6, 6.07) is 4.77.